The summed E-state index contributed by atoms with van der Waals surface area (Å²) in [5.74, 6) is 1.57. The van der Waals surface area contributed by atoms with Crippen LogP contribution in [0.5, 0.6) is 5.75 Å². The first-order valence-corrected chi connectivity index (χ1v) is 11.6. The van der Waals surface area contributed by atoms with E-state index >= 15 is 0 Å². The van der Waals surface area contributed by atoms with Crippen molar-refractivity contribution >= 4 is 34.1 Å². The predicted molar refractivity (Wildman–Crippen MR) is 135 cm³/mol. The van der Waals surface area contributed by atoms with Crippen molar-refractivity contribution in [2.45, 2.75) is 39.5 Å². The van der Waals surface area contributed by atoms with Crippen LogP contribution in [0.3, 0.4) is 0 Å². The number of hydrogen-bond acceptors (Lipinski definition) is 4. The fourth-order valence-electron chi connectivity index (χ4n) is 4.01. The molecule has 0 bridgehead atoms. The number of carbonyl (C=O) groups is 2. The van der Waals surface area contributed by atoms with Gasteiger partial charge in [0.1, 0.15) is 11.6 Å². The Kier molecular flexibility index (Phi) is 7.11. The summed E-state index contributed by atoms with van der Waals surface area (Å²) in [5, 5.41) is 5.96. The summed E-state index contributed by atoms with van der Waals surface area (Å²) in [6.45, 7) is 4.18. The van der Waals surface area contributed by atoms with Gasteiger partial charge in [0.05, 0.1) is 18.1 Å². The molecular weight excluding hydrogens is 428 g/mol. The summed E-state index contributed by atoms with van der Waals surface area (Å²) in [5.41, 5.74) is 5.01. The molecule has 0 saturated carbocycles. The lowest BCUT2D eigenvalue weighted by atomic mass is 9.90. The third-order valence-electron chi connectivity index (χ3n) is 5.94. The predicted octanol–water partition coefficient (Wildman–Crippen LogP) is 5.44. The number of benzene rings is 2. The maximum absolute atomic E-state index is 12.6. The minimum Gasteiger partial charge on any atom is -0.497 e. The minimum absolute atomic E-state index is 0.0268. The van der Waals surface area contributed by atoms with E-state index < -0.39 is 0 Å². The Labute approximate surface area is 199 Å². The third-order valence-corrected chi connectivity index (χ3v) is 5.94. The highest BCUT2D eigenvalue weighted by atomic mass is 16.5. The average Bonchev–Trinajstić information content (AvgIpc) is 3.26. The Morgan fingerprint density at radius 3 is 2.62 bits per heavy atom. The number of nitrogens with zero attached hydrogens (tertiary/aromatic N) is 1. The van der Waals surface area contributed by atoms with Crippen molar-refractivity contribution in [2.24, 2.45) is 5.92 Å². The van der Waals surface area contributed by atoms with Crippen LogP contribution in [0.2, 0.25) is 0 Å². The van der Waals surface area contributed by atoms with E-state index in [1.807, 2.05) is 30.4 Å². The van der Waals surface area contributed by atoms with Crippen LogP contribution in [-0.4, -0.2) is 28.9 Å². The highest BCUT2D eigenvalue weighted by Gasteiger charge is 2.21. The van der Waals surface area contributed by atoms with Gasteiger partial charge in [-0.1, -0.05) is 26.3 Å². The Bertz CT molecular complexity index is 1250. The summed E-state index contributed by atoms with van der Waals surface area (Å²) >= 11 is 0. The van der Waals surface area contributed by atoms with Crippen molar-refractivity contribution < 1.29 is 14.3 Å². The van der Waals surface area contributed by atoms with Crippen LogP contribution in [-0.2, 0) is 4.79 Å². The molecule has 0 aliphatic heterocycles. The van der Waals surface area contributed by atoms with E-state index in [9.17, 15) is 9.59 Å². The smallest absolute Gasteiger partial charge is 0.255 e. The van der Waals surface area contributed by atoms with E-state index in [-0.39, 0.29) is 17.7 Å². The molecule has 1 aliphatic rings. The Balaban J connectivity index is 1.47. The van der Waals surface area contributed by atoms with Gasteiger partial charge in [0.2, 0.25) is 5.91 Å². The van der Waals surface area contributed by atoms with Gasteiger partial charge < -0.3 is 20.4 Å². The second kappa shape index (κ2) is 10.4. The molecule has 176 valence electrons. The van der Waals surface area contributed by atoms with Crippen molar-refractivity contribution in [3.05, 3.63) is 71.7 Å². The lowest BCUT2D eigenvalue weighted by Gasteiger charge is -2.21. The second-order valence-electron chi connectivity index (χ2n) is 8.57. The van der Waals surface area contributed by atoms with Gasteiger partial charge >= 0.3 is 0 Å². The number of anilines is 1. The molecule has 1 unspecified atom stereocenters. The molecule has 3 N–H and O–H groups in total. The topological polar surface area (TPSA) is 96.1 Å². The van der Waals surface area contributed by atoms with Crippen molar-refractivity contribution in [1.82, 2.24) is 15.3 Å². The van der Waals surface area contributed by atoms with Crippen molar-refractivity contribution in [1.29, 1.82) is 0 Å². The standard InChI is InChI=1S/C27H30N4O3/c1-4-5-6-25(32)28-20-10-14-23-24(16-20)31-26(30-23)22-13-9-19(15-17(22)2)29-27(33)18-7-11-21(34-3)12-8-18/h7-14,16-17H,4-6,15H2,1-3H3,(H,28,32)(H,29,33)(H,30,31). The number of amides is 2. The van der Waals surface area contributed by atoms with Gasteiger partial charge in [-0.3, -0.25) is 9.59 Å². The van der Waals surface area contributed by atoms with E-state index in [1.165, 1.54) is 0 Å². The maximum atomic E-state index is 12.6. The van der Waals surface area contributed by atoms with Gasteiger partial charge in [-0.05, 0) is 72.9 Å². The number of methoxy groups -OCH3 is 1. The number of nitrogens with one attached hydrogen (secondary N) is 3. The van der Waals surface area contributed by atoms with Gasteiger partial charge in [0, 0.05) is 23.4 Å². The monoisotopic (exact) mass is 458 g/mol. The molecule has 7 nitrogen and oxygen atoms in total. The number of carbonyl (C=O) groups excluding carboxylic acids is 2. The molecule has 0 fully saturated rings. The lowest BCUT2D eigenvalue weighted by molar-refractivity contribution is -0.116. The molecule has 1 aromatic heterocycles. The number of unbranched alkanes of at least 4 members (excludes halogenated alkanes) is 1. The molecule has 34 heavy (non-hydrogen) atoms. The first-order valence-electron chi connectivity index (χ1n) is 11.6. The molecule has 7 heteroatoms. The summed E-state index contributed by atoms with van der Waals surface area (Å²) in [6, 6.07) is 12.7. The summed E-state index contributed by atoms with van der Waals surface area (Å²) in [4.78, 5) is 32.8. The van der Waals surface area contributed by atoms with Gasteiger partial charge in [-0.25, -0.2) is 4.98 Å². The van der Waals surface area contributed by atoms with Crippen LogP contribution in [0.1, 0.15) is 55.7 Å². The third kappa shape index (κ3) is 5.36. The number of aromatic nitrogens is 2. The van der Waals surface area contributed by atoms with E-state index in [2.05, 4.69) is 29.5 Å². The summed E-state index contributed by atoms with van der Waals surface area (Å²) < 4.78 is 5.15. The fourth-order valence-corrected chi connectivity index (χ4v) is 4.01. The summed E-state index contributed by atoms with van der Waals surface area (Å²) in [7, 11) is 1.60. The van der Waals surface area contributed by atoms with Crippen molar-refractivity contribution in [2.75, 3.05) is 12.4 Å². The largest absolute Gasteiger partial charge is 0.497 e. The SMILES string of the molecule is CCCCC(=O)Nc1ccc2nc(C3=CC=C(NC(=O)c4ccc(OC)cc4)CC3C)[nH]c2c1. The lowest BCUT2D eigenvalue weighted by Crippen LogP contribution is -2.25. The highest BCUT2D eigenvalue weighted by Crippen LogP contribution is 2.31. The quantitative estimate of drug-likeness (QED) is 0.419. The van der Waals surface area contributed by atoms with Gasteiger partial charge in [-0.15, -0.1) is 0 Å². The number of allylic oxidation sites excluding steroid dienone is 4. The van der Waals surface area contributed by atoms with Crippen LogP contribution in [0, 0.1) is 5.92 Å². The zero-order chi connectivity index (χ0) is 24.1. The number of aromatic amines is 1. The van der Waals surface area contributed by atoms with Crippen LogP contribution < -0.4 is 15.4 Å². The van der Waals surface area contributed by atoms with Crippen LogP contribution in [0.15, 0.2) is 60.3 Å². The number of hydrogen-bond donors (Lipinski definition) is 3. The second-order valence-corrected chi connectivity index (χ2v) is 8.57. The molecule has 2 amide bonds. The molecule has 2 aromatic carbocycles. The van der Waals surface area contributed by atoms with Gasteiger partial charge in [0.15, 0.2) is 0 Å². The molecule has 1 atom stereocenters. The molecule has 0 saturated heterocycles. The van der Waals surface area contributed by atoms with Gasteiger partial charge in [-0.2, -0.15) is 0 Å². The van der Waals surface area contributed by atoms with E-state index in [0.717, 1.165) is 46.7 Å². The Morgan fingerprint density at radius 1 is 1.12 bits per heavy atom. The number of ether oxygens (including phenoxy) is 1. The Morgan fingerprint density at radius 2 is 1.91 bits per heavy atom. The fraction of sp³-hybridized carbons (Fsp3) is 0.296. The minimum atomic E-state index is -0.143. The van der Waals surface area contributed by atoms with E-state index in [0.29, 0.717) is 24.2 Å². The molecular formula is C27H30N4O3. The first-order chi connectivity index (χ1) is 16.5. The molecule has 3 aromatic rings. The highest BCUT2D eigenvalue weighted by molar-refractivity contribution is 5.96. The maximum Gasteiger partial charge on any atom is 0.255 e. The van der Waals surface area contributed by atoms with E-state index in [4.69, 9.17) is 9.72 Å². The first kappa shape index (κ1) is 23.3. The molecule has 1 aliphatic carbocycles. The molecule has 0 spiro atoms. The molecule has 4 rings (SSSR count). The Hall–Kier alpha value is -3.87. The number of imidazole rings is 1. The number of rotatable bonds is 8. The normalized spacial score (nSPS) is 15.4. The van der Waals surface area contributed by atoms with Crippen LogP contribution in [0.25, 0.3) is 16.6 Å². The average molecular weight is 459 g/mol. The molecule has 0 radical (unpaired) electrons. The van der Waals surface area contributed by atoms with Crippen LogP contribution >= 0.6 is 0 Å². The van der Waals surface area contributed by atoms with E-state index in [1.54, 1.807) is 31.4 Å². The number of H-pyrrole nitrogens is 1. The van der Waals surface area contributed by atoms with Crippen molar-refractivity contribution in [3.63, 3.8) is 0 Å². The summed E-state index contributed by atoms with van der Waals surface area (Å²) in [6.07, 6.45) is 7.03. The van der Waals surface area contributed by atoms with Crippen LogP contribution in [0.4, 0.5) is 5.69 Å². The zero-order valence-corrected chi connectivity index (χ0v) is 19.8. The zero-order valence-electron chi connectivity index (χ0n) is 19.8. The van der Waals surface area contributed by atoms with Crippen molar-refractivity contribution in [3.8, 4) is 5.75 Å². The molecule has 1 heterocycles. The number of fused-ring (bicyclic) bond motifs is 1. The van der Waals surface area contributed by atoms with Gasteiger partial charge in [0.25, 0.3) is 5.91 Å².